The number of furan rings is 1. The number of amides is 1. The van der Waals surface area contributed by atoms with Gasteiger partial charge in [-0.3, -0.25) is 14.8 Å². The largest absolute Gasteiger partial charge is 0.444 e. The summed E-state index contributed by atoms with van der Waals surface area (Å²) >= 11 is 3.23. The Kier molecular flexibility index (Phi) is 4.83. The van der Waals surface area contributed by atoms with Crippen LogP contribution in [0.1, 0.15) is 21.7 Å². The van der Waals surface area contributed by atoms with Crippen molar-refractivity contribution in [3.05, 3.63) is 82.7 Å². The van der Waals surface area contributed by atoms with Crippen molar-refractivity contribution in [2.24, 2.45) is 0 Å². The molecule has 0 saturated carbocycles. The molecule has 0 atom stereocenters. The molecule has 0 aliphatic carbocycles. The van der Waals surface area contributed by atoms with Crippen LogP contribution in [-0.2, 0) is 13.1 Å². The zero-order chi connectivity index (χ0) is 16.1. The van der Waals surface area contributed by atoms with Crippen LogP contribution in [0.3, 0.4) is 0 Å². The van der Waals surface area contributed by atoms with Crippen LogP contribution in [-0.4, -0.2) is 20.8 Å². The first-order chi connectivity index (χ1) is 11.2. The molecule has 0 aliphatic rings. The number of hydrogen-bond acceptors (Lipinski definition) is 4. The van der Waals surface area contributed by atoms with Gasteiger partial charge in [-0.25, -0.2) is 0 Å². The molecule has 0 unspecified atom stereocenters. The first kappa shape index (κ1) is 15.4. The Bertz CT molecular complexity index is 733. The summed E-state index contributed by atoms with van der Waals surface area (Å²) in [6.07, 6.45) is 6.89. The lowest BCUT2D eigenvalue weighted by molar-refractivity contribution is 0.0696. The number of hydrogen-bond donors (Lipinski definition) is 0. The van der Waals surface area contributed by atoms with Gasteiger partial charge >= 0.3 is 0 Å². The van der Waals surface area contributed by atoms with Crippen LogP contribution in [0, 0.1) is 0 Å². The van der Waals surface area contributed by atoms with Gasteiger partial charge in [0.25, 0.3) is 5.91 Å². The second kappa shape index (κ2) is 7.19. The van der Waals surface area contributed by atoms with Crippen LogP contribution < -0.4 is 0 Å². The highest BCUT2D eigenvalue weighted by Crippen LogP contribution is 2.18. The molecule has 0 N–H and O–H groups in total. The van der Waals surface area contributed by atoms with Crippen LogP contribution in [0.5, 0.6) is 0 Å². The van der Waals surface area contributed by atoms with Gasteiger partial charge in [0.15, 0.2) is 10.4 Å². The molecule has 0 radical (unpaired) electrons. The van der Waals surface area contributed by atoms with E-state index in [0.717, 1.165) is 11.1 Å². The summed E-state index contributed by atoms with van der Waals surface area (Å²) in [7, 11) is 0. The van der Waals surface area contributed by atoms with Crippen LogP contribution in [0.15, 0.2) is 70.3 Å². The number of halogens is 1. The minimum Gasteiger partial charge on any atom is -0.444 e. The van der Waals surface area contributed by atoms with Crippen LogP contribution in [0.25, 0.3) is 0 Å². The molecule has 6 heteroatoms. The lowest BCUT2D eigenvalue weighted by Crippen LogP contribution is -2.29. The molecule has 0 aliphatic heterocycles. The number of aromatic nitrogens is 2. The van der Waals surface area contributed by atoms with E-state index in [-0.39, 0.29) is 5.91 Å². The van der Waals surface area contributed by atoms with Gasteiger partial charge in [0, 0.05) is 37.9 Å². The number of nitrogens with zero attached hydrogens (tertiary/aromatic N) is 3. The Hall–Kier alpha value is -2.47. The smallest absolute Gasteiger partial charge is 0.290 e. The third kappa shape index (κ3) is 4.04. The lowest BCUT2D eigenvalue weighted by Gasteiger charge is -2.21. The molecule has 116 valence electrons. The first-order valence-corrected chi connectivity index (χ1v) is 7.84. The monoisotopic (exact) mass is 371 g/mol. The Morgan fingerprint density at radius 3 is 2.43 bits per heavy atom. The maximum absolute atomic E-state index is 12.7. The van der Waals surface area contributed by atoms with E-state index in [1.807, 2.05) is 24.3 Å². The van der Waals surface area contributed by atoms with Crippen molar-refractivity contribution in [1.82, 2.24) is 14.9 Å². The van der Waals surface area contributed by atoms with E-state index in [1.165, 1.54) is 0 Å². The maximum Gasteiger partial charge on any atom is 0.290 e. The van der Waals surface area contributed by atoms with Gasteiger partial charge in [-0.2, -0.15) is 0 Å². The lowest BCUT2D eigenvalue weighted by atomic mass is 10.2. The van der Waals surface area contributed by atoms with Crippen molar-refractivity contribution in [3.63, 3.8) is 0 Å². The average Bonchev–Trinajstić information content (AvgIpc) is 3.02. The Morgan fingerprint density at radius 1 is 1.00 bits per heavy atom. The second-order valence-electron chi connectivity index (χ2n) is 4.98. The summed E-state index contributed by atoms with van der Waals surface area (Å²) in [6, 6.07) is 11.0. The third-order valence-corrected chi connectivity index (χ3v) is 3.72. The molecule has 1 amide bonds. The molecule has 3 rings (SSSR count). The molecule has 0 fully saturated rings. The highest BCUT2D eigenvalue weighted by Gasteiger charge is 2.20. The summed E-state index contributed by atoms with van der Waals surface area (Å²) in [5.41, 5.74) is 1.96. The number of carbonyl (C=O) groups excluding carboxylic acids is 1. The summed E-state index contributed by atoms with van der Waals surface area (Å²) in [5.74, 6) is 0.131. The van der Waals surface area contributed by atoms with E-state index in [2.05, 4.69) is 25.9 Å². The Labute approximate surface area is 142 Å². The average molecular weight is 372 g/mol. The van der Waals surface area contributed by atoms with Crippen molar-refractivity contribution < 1.29 is 9.21 Å². The minimum absolute atomic E-state index is 0.170. The fraction of sp³-hybridized carbons (Fsp3) is 0.118. The van der Waals surface area contributed by atoms with Crippen molar-refractivity contribution in [2.75, 3.05) is 0 Å². The SMILES string of the molecule is O=C(c1ccc(Br)o1)N(Cc1ccncc1)Cc1cccnc1. The second-order valence-corrected chi connectivity index (χ2v) is 5.76. The summed E-state index contributed by atoms with van der Waals surface area (Å²) in [4.78, 5) is 22.6. The number of pyridine rings is 2. The van der Waals surface area contributed by atoms with Crippen LogP contribution in [0.2, 0.25) is 0 Å². The zero-order valence-electron chi connectivity index (χ0n) is 12.2. The molecule has 0 bridgehead atoms. The maximum atomic E-state index is 12.7. The molecule has 3 heterocycles. The normalized spacial score (nSPS) is 10.5. The quantitative estimate of drug-likeness (QED) is 0.686. The standard InChI is InChI=1S/C17H14BrN3O2/c18-16-4-3-15(23-16)17(22)21(11-13-5-8-19-9-6-13)12-14-2-1-7-20-10-14/h1-10H,11-12H2. The minimum atomic E-state index is -0.170. The Balaban J connectivity index is 1.84. The third-order valence-electron chi connectivity index (χ3n) is 3.29. The van der Waals surface area contributed by atoms with Crippen molar-refractivity contribution in [3.8, 4) is 0 Å². The van der Waals surface area contributed by atoms with Gasteiger partial charge in [0.2, 0.25) is 0 Å². The topological polar surface area (TPSA) is 59.2 Å². The van der Waals surface area contributed by atoms with Gasteiger partial charge in [-0.15, -0.1) is 0 Å². The van der Waals surface area contributed by atoms with E-state index >= 15 is 0 Å². The first-order valence-electron chi connectivity index (χ1n) is 7.05. The van der Waals surface area contributed by atoms with E-state index in [0.29, 0.717) is 23.5 Å². The van der Waals surface area contributed by atoms with Crippen molar-refractivity contribution in [2.45, 2.75) is 13.1 Å². The highest BCUT2D eigenvalue weighted by molar-refractivity contribution is 9.10. The van der Waals surface area contributed by atoms with Gasteiger partial charge in [0.05, 0.1) is 0 Å². The highest BCUT2D eigenvalue weighted by atomic mass is 79.9. The number of rotatable bonds is 5. The fourth-order valence-electron chi connectivity index (χ4n) is 2.21. The summed E-state index contributed by atoms with van der Waals surface area (Å²) in [6.45, 7) is 0.919. The van der Waals surface area contributed by atoms with E-state index in [4.69, 9.17) is 4.42 Å². The molecule has 23 heavy (non-hydrogen) atoms. The van der Waals surface area contributed by atoms with E-state index in [9.17, 15) is 4.79 Å². The van der Waals surface area contributed by atoms with Gasteiger partial charge < -0.3 is 9.32 Å². The van der Waals surface area contributed by atoms with E-state index < -0.39 is 0 Å². The predicted molar refractivity (Wildman–Crippen MR) is 88.5 cm³/mol. The van der Waals surface area contributed by atoms with Gasteiger partial charge in [-0.1, -0.05) is 6.07 Å². The van der Waals surface area contributed by atoms with Crippen LogP contribution in [0.4, 0.5) is 0 Å². The van der Waals surface area contributed by atoms with Crippen LogP contribution >= 0.6 is 15.9 Å². The van der Waals surface area contributed by atoms with Gasteiger partial charge in [0.1, 0.15) is 0 Å². The molecular weight excluding hydrogens is 358 g/mol. The summed E-state index contributed by atoms with van der Waals surface area (Å²) in [5, 5.41) is 0. The molecule has 3 aromatic rings. The summed E-state index contributed by atoms with van der Waals surface area (Å²) < 4.78 is 5.93. The van der Waals surface area contributed by atoms with Gasteiger partial charge in [-0.05, 0) is 57.4 Å². The molecule has 5 nitrogen and oxygen atoms in total. The Morgan fingerprint density at radius 2 is 1.78 bits per heavy atom. The van der Waals surface area contributed by atoms with Crippen molar-refractivity contribution in [1.29, 1.82) is 0 Å². The number of carbonyl (C=O) groups is 1. The van der Waals surface area contributed by atoms with E-state index in [1.54, 1.807) is 41.8 Å². The predicted octanol–water partition coefficient (Wildman–Crippen LogP) is 3.67. The van der Waals surface area contributed by atoms with Crippen molar-refractivity contribution >= 4 is 21.8 Å². The molecule has 0 saturated heterocycles. The zero-order valence-corrected chi connectivity index (χ0v) is 13.8. The molecule has 0 aromatic carbocycles. The fourth-order valence-corrected chi connectivity index (χ4v) is 2.51. The molecule has 3 aromatic heterocycles. The molecule has 0 spiro atoms. The molecular formula is C17H14BrN3O2.